The molecule has 0 amide bonds. The van der Waals surface area contributed by atoms with E-state index in [0.717, 1.165) is 29.2 Å². The Balaban J connectivity index is 1.75. The van der Waals surface area contributed by atoms with Crippen LogP contribution >= 0.6 is 11.8 Å². The molecule has 1 aromatic heterocycles. The Bertz CT molecular complexity index is 573. The van der Waals surface area contributed by atoms with Gasteiger partial charge >= 0.3 is 0 Å². The minimum Gasteiger partial charge on any atom is -0.399 e. The average molecular weight is 272 g/mol. The number of hydrogen-bond acceptors (Lipinski definition) is 5. The maximum absolute atomic E-state index is 6.17. The van der Waals surface area contributed by atoms with Crippen molar-refractivity contribution in [2.75, 3.05) is 17.2 Å². The molecule has 0 radical (unpaired) electrons. The standard InChI is InChI=1S/C14H16N4S/c15-10-4-5-12-13(9-10)19-14(16)18(12)8-6-11-3-1-2-7-17-11/h1-5,7,9,14H,6,8,15-16H2. The van der Waals surface area contributed by atoms with Gasteiger partial charge < -0.3 is 16.4 Å². The van der Waals surface area contributed by atoms with E-state index in [0.29, 0.717) is 0 Å². The predicted molar refractivity (Wildman–Crippen MR) is 80.0 cm³/mol. The molecule has 2 aromatic rings. The summed E-state index contributed by atoms with van der Waals surface area (Å²) in [6, 6.07) is 11.9. The first kappa shape index (κ1) is 12.3. The van der Waals surface area contributed by atoms with Crippen molar-refractivity contribution in [3.8, 4) is 0 Å². The maximum atomic E-state index is 6.17. The highest BCUT2D eigenvalue weighted by molar-refractivity contribution is 8.00. The van der Waals surface area contributed by atoms with Crippen LogP contribution in [0, 0.1) is 0 Å². The van der Waals surface area contributed by atoms with Gasteiger partial charge in [0, 0.05) is 35.4 Å². The molecule has 1 unspecified atom stereocenters. The average Bonchev–Trinajstić information content (AvgIpc) is 2.72. The molecule has 98 valence electrons. The Labute approximate surface area is 116 Å². The molecule has 4 N–H and O–H groups in total. The zero-order valence-corrected chi connectivity index (χ0v) is 11.3. The lowest BCUT2D eigenvalue weighted by molar-refractivity contribution is 0.756. The first-order valence-electron chi connectivity index (χ1n) is 6.22. The van der Waals surface area contributed by atoms with Crippen molar-refractivity contribution in [3.63, 3.8) is 0 Å². The second-order valence-corrected chi connectivity index (χ2v) is 5.66. The summed E-state index contributed by atoms with van der Waals surface area (Å²) in [5.74, 6) is 0. The van der Waals surface area contributed by atoms with Gasteiger partial charge in [-0.15, -0.1) is 0 Å². The van der Waals surface area contributed by atoms with Gasteiger partial charge in [0.2, 0.25) is 0 Å². The van der Waals surface area contributed by atoms with Crippen molar-refractivity contribution in [3.05, 3.63) is 48.3 Å². The van der Waals surface area contributed by atoms with Crippen LogP contribution in [0.2, 0.25) is 0 Å². The third-order valence-electron chi connectivity index (χ3n) is 3.18. The summed E-state index contributed by atoms with van der Waals surface area (Å²) in [6.45, 7) is 0.863. The van der Waals surface area contributed by atoms with E-state index in [-0.39, 0.29) is 5.50 Å². The van der Waals surface area contributed by atoms with E-state index in [9.17, 15) is 0 Å². The number of benzene rings is 1. The molecule has 0 fully saturated rings. The number of rotatable bonds is 3. The van der Waals surface area contributed by atoms with Gasteiger partial charge in [-0.25, -0.2) is 0 Å². The van der Waals surface area contributed by atoms with Crippen LogP contribution in [0.4, 0.5) is 11.4 Å². The fourth-order valence-electron chi connectivity index (χ4n) is 2.22. The van der Waals surface area contributed by atoms with Crippen molar-refractivity contribution in [2.45, 2.75) is 16.8 Å². The minimum atomic E-state index is -0.0412. The van der Waals surface area contributed by atoms with Gasteiger partial charge in [0.05, 0.1) is 5.69 Å². The highest BCUT2D eigenvalue weighted by Gasteiger charge is 2.26. The summed E-state index contributed by atoms with van der Waals surface area (Å²) in [5.41, 5.74) is 15.0. The number of thioether (sulfide) groups is 1. The van der Waals surface area contributed by atoms with E-state index in [2.05, 4.69) is 9.88 Å². The first-order chi connectivity index (χ1) is 9.24. The van der Waals surface area contributed by atoms with Crippen molar-refractivity contribution in [1.29, 1.82) is 0 Å². The monoisotopic (exact) mass is 272 g/mol. The van der Waals surface area contributed by atoms with Gasteiger partial charge in [-0.2, -0.15) is 0 Å². The smallest absolute Gasteiger partial charge is 0.130 e. The second-order valence-electron chi connectivity index (χ2n) is 4.50. The molecule has 1 atom stereocenters. The van der Waals surface area contributed by atoms with Crippen LogP contribution in [0.5, 0.6) is 0 Å². The third kappa shape index (κ3) is 2.52. The number of hydrogen-bond donors (Lipinski definition) is 2. The zero-order valence-electron chi connectivity index (χ0n) is 10.5. The molecule has 0 aliphatic carbocycles. The lowest BCUT2D eigenvalue weighted by Gasteiger charge is -2.23. The number of aromatic nitrogens is 1. The molecule has 0 saturated heterocycles. The Morgan fingerprint density at radius 3 is 2.95 bits per heavy atom. The molecule has 2 heterocycles. The van der Waals surface area contributed by atoms with Gasteiger partial charge in [0.15, 0.2) is 0 Å². The maximum Gasteiger partial charge on any atom is 0.130 e. The van der Waals surface area contributed by atoms with Crippen molar-refractivity contribution in [1.82, 2.24) is 4.98 Å². The van der Waals surface area contributed by atoms with Gasteiger partial charge in [0.25, 0.3) is 0 Å². The summed E-state index contributed by atoms with van der Waals surface area (Å²) in [7, 11) is 0. The Kier molecular flexibility index (Phi) is 3.31. The molecular formula is C14H16N4S. The molecule has 0 saturated carbocycles. The second kappa shape index (κ2) is 5.11. The minimum absolute atomic E-state index is 0.0412. The number of nitrogens with zero attached hydrogens (tertiary/aromatic N) is 2. The van der Waals surface area contributed by atoms with Gasteiger partial charge in [-0.1, -0.05) is 17.8 Å². The molecule has 1 aliphatic heterocycles. The lowest BCUT2D eigenvalue weighted by atomic mass is 10.2. The summed E-state index contributed by atoms with van der Waals surface area (Å²) >= 11 is 1.65. The molecule has 3 rings (SSSR count). The number of pyridine rings is 1. The molecule has 19 heavy (non-hydrogen) atoms. The van der Waals surface area contributed by atoms with Crippen LogP contribution in [0.3, 0.4) is 0 Å². The molecule has 1 aromatic carbocycles. The highest BCUT2D eigenvalue weighted by Crippen LogP contribution is 2.42. The summed E-state index contributed by atoms with van der Waals surface area (Å²) in [4.78, 5) is 7.70. The largest absolute Gasteiger partial charge is 0.399 e. The lowest BCUT2D eigenvalue weighted by Crippen LogP contribution is -2.37. The summed E-state index contributed by atoms with van der Waals surface area (Å²) in [6.07, 6.45) is 2.71. The Morgan fingerprint density at radius 2 is 2.16 bits per heavy atom. The van der Waals surface area contributed by atoms with Crippen molar-refractivity contribution in [2.24, 2.45) is 5.73 Å². The fraction of sp³-hybridized carbons (Fsp3) is 0.214. The van der Waals surface area contributed by atoms with Crippen LogP contribution in [0.1, 0.15) is 5.69 Å². The van der Waals surface area contributed by atoms with E-state index >= 15 is 0 Å². The fourth-order valence-corrected chi connectivity index (χ4v) is 3.34. The van der Waals surface area contributed by atoms with Crippen LogP contribution < -0.4 is 16.4 Å². The van der Waals surface area contributed by atoms with Crippen LogP contribution in [0.15, 0.2) is 47.5 Å². The zero-order chi connectivity index (χ0) is 13.2. The van der Waals surface area contributed by atoms with Gasteiger partial charge in [-0.3, -0.25) is 4.98 Å². The molecular weight excluding hydrogens is 256 g/mol. The molecule has 4 nitrogen and oxygen atoms in total. The third-order valence-corrected chi connectivity index (χ3v) is 4.26. The van der Waals surface area contributed by atoms with Crippen LogP contribution in [-0.2, 0) is 6.42 Å². The molecule has 5 heteroatoms. The predicted octanol–water partition coefficient (Wildman–Crippen LogP) is 2.06. The first-order valence-corrected chi connectivity index (χ1v) is 7.10. The SMILES string of the molecule is Nc1ccc2c(c1)SC(N)N2CCc1ccccn1. The van der Waals surface area contributed by atoms with E-state index in [1.54, 1.807) is 11.8 Å². The normalized spacial score (nSPS) is 17.5. The van der Waals surface area contributed by atoms with Gasteiger partial charge in [-0.05, 0) is 30.3 Å². The number of fused-ring (bicyclic) bond motifs is 1. The van der Waals surface area contributed by atoms with E-state index in [1.165, 1.54) is 5.69 Å². The van der Waals surface area contributed by atoms with Crippen molar-refractivity contribution < 1.29 is 0 Å². The number of anilines is 2. The summed E-state index contributed by atoms with van der Waals surface area (Å²) < 4.78 is 0. The van der Waals surface area contributed by atoms with E-state index in [1.807, 2.05) is 42.6 Å². The molecule has 1 aliphatic rings. The summed E-state index contributed by atoms with van der Waals surface area (Å²) in [5, 5.41) is 0. The Hall–Kier alpha value is -1.72. The van der Waals surface area contributed by atoms with Crippen molar-refractivity contribution >= 4 is 23.1 Å². The van der Waals surface area contributed by atoms with Crippen LogP contribution in [-0.4, -0.2) is 17.0 Å². The topological polar surface area (TPSA) is 68.2 Å². The van der Waals surface area contributed by atoms with E-state index < -0.39 is 0 Å². The van der Waals surface area contributed by atoms with Gasteiger partial charge in [0.1, 0.15) is 5.50 Å². The van der Waals surface area contributed by atoms with Crippen LogP contribution in [0.25, 0.3) is 0 Å². The number of nitrogens with two attached hydrogens (primary N) is 2. The number of nitrogen functional groups attached to an aromatic ring is 1. The molecule has 0 bridgehead atoms. The molecule has 0 spiro atoms. The quantitative estimate of drug-likeness (QED) is 0.837. The Morgan fingerprint density at radius 1 is 1.26 bits per heavy atom. The van der Waals surface area contributed by atoms with E-state index in [4.69, 9.17) is 11.5 Å². The highest BCUT2D eigenvalue weighted by atomic mass is 32.2.